The Kier molecular flexibility index (Phi) is 4.83. The third kappa shape index (κ3) is 4.34. The molecule has 0 amide bonds. The van der Waals surface area contributed by atoms with Crippen molar-refractivity contribution in [2.24, 2.45) is 4.99 Å². The molecule has 3 nitrogen and oxygen atoms in total. The Labute approximate surface area is 100 Å². The van der Waals surface area contributed by atoms with Crippen LogP contribution in [0.1, 0.15) is 19.4 Å². The molecule has 0 bridgehead atoms. The first-order chi connectivity index (χ1) is 7.61. The maximum absolute atomic E-state index is 11.4. The summed E-state index contributed by atoms with van der Waals surface area (Å²) in [5, 5.41) is 2.29. The summed E-state index contributed by atoms with van der Waals surface area (Å²) in [5.41, 5.74) is 1.56. The number of thiocarbonyl (C=S) groups is 1. The summed E-state index contributed by atoms with van der Waals surface area (Å²) in [6, 6.07) is 7.27. The molecule has 16 heavy (non-hydrogen) atoms. The predicted molar refractivity (Wildman–Crippen MR) is 66.1 cm³/mol. The fraction of sp³-hybridized carbons (Fsp3) is 0.333. The van der Waals surface area contributed by atoms with Gasteiger partial charge in [0, 0.05) is 0 Å². The van der Waals surface area contributed by atoms with Crippen LogP contribution in [-0.2, 0) is 16.0 Å². The highest BCUT2D eigenvalue weighted by Gasteiger charge is 2.06. The number of nitrogens with zero attached hydrogens (tertiary/aromatic N) is 1. The van der Waals surface area contributed by atoms with Crippen LogP contribution in [0.4, 0.5) is 5.69 Å². The average Bonchev–Trinajstić information content (AvgIpc) is 2.17. The quantitative estimate of drug-likeness (QED) is 0.457. The second kappa shape index (κ2) is 6.16. The fourth-order valence-corrected chi connectivity index (χ4v) is 1.37. The van der Waals surface area contributed by atoms with Gasteiger partial charge in [-0.05, 0) is 43.8 Å². The van der Waals surface area contributed by atoms with Crippen LogP contribution >= 0.6 is 12.2 Å². The van der Waals surface area contributed by atoms with E-state index in [0.717, 1.165) is 5.56 Å². The Balaban J connectivity index is 2.70. The van der Waals surface area contributed by atoms with Crippen LogP contribution in [-0.4, -0.2) is 17.2 Å². The van der Waals surface area contributed by atoms with Gasteiger partial charge in [-0.25, -0.2) is 0 Å². The molecule has 84 valence electrons. The molecule has 0 aliphatic heterocycles. The van der Waals surface area contributed by atoms with Gasteiger partial charge < -0.3 is 4.74 Å². The fourth-order valence-electron chi connectivity index (χ4n) is 1.26. The van der Waals surface area contributed by atoms with Crippen molar-refractivity contribution in [1.29, 1.82) is 0 Å². The molecule has 0 saturated carbocycles. The molecular formula is C12H13NO2S. The van der Waals surface area contributed by atoms with Crippen LogP contribution in [0.3, 0.4) is 0 Å². The molecule has 1 rings (SSSR count). The SMILES string of the molecule is CC(C)OC(=O)Cc1cccc(N=C=S)c1. The highest BCUT2D eigenvalue weighted by atomic mass is 32.1. The van der Waals surface area contributed by atoms with Crippen molar-refractivity contribution in [3.8, 4) is 0 Å². The van der Waals surface area contributed by atoms with Crippen LogP contribution in [0.15, 0.2) is 29.3 Å². The van der Waals surface area contributed by atoms with Crippen molar-refractivity contribution < 1.29 is 9.53 Å². The molecule has 1 aromatic rings. The Morgan fingerprint density at radius 3 is 2.94 bits per heavy atom. The number of isothiocyanates is 1. The Morgan fingerprint density at radius 2 is 2.31 bits per heavy atom. The third-order valence-corrected chi connectivity index (χ3v) is 1.89. The smallest absolute Gasteiger partial charge is 0.310 e. The van der Waals surface area contributed by atoms with Crippen LogP contribution in [0.2, 0.25) is 0 Å². The van der Waals surface area contributed by atoms with Gasteiger partial charge in [-0.2, -0.15) is 4.99 Å². The number of esters is 1. The second-order valence-corrected chi connectivity index (χ2v) is 3.77. The van der Waals surface area contributed by atoms with Gasteiger partial charge in [-0.3, -0.25) is 4.79 Å². The van der Waals surface area contributed by atoms with E-state index in [1.165, 1.54) is 0 Å². The van der Waals surface area contributed by atoms with Crippen molar-refractivity contribution >= 4 is 29.0 Å². The van der Waals surface area contributed by atoms with E-state index in [1.807, 2.05) is 26.0 Å². The molecule has 0 aliphatic rings. The summed E-state index contributed by atoms with van der Waals surface area (Å²) in [7, 11) is 0. The Morgan fingerprint density at radius 1 is 1.56 bits per heavy atom. The van der Waals surface area contributed by atoms with Crippen molar-refractivity contribution in [1.82, 2.24) is 0 Å². The molecule has 0 aliphatic carbocycles. The van der Waals surface area contributed by atoms with Gasteiger partial charge in [0.05, 0.1) is 23.4 Å². The number of ether oxygens (including phenoxy) is 1. The molecule has 0 saturated heterocycles. The van der Waals surface area contributed by atoms with Crippen molar-refractivity contribution in [2.75, 3.05) is 0 Å². The molecule has 0 N–H and O–H groups in total. The number of carbonyl (C=O) groups excluding carboxylic acids is 1. The largest absolute Gasteiger partial charge is 0.463 e. The molecule has 0 spiro atoms. The van der Waals surface area contributed by atoms with Crippen molar-refractivity contribution in [2.45, 2.75) is 26.4 Å². The normalized spacial score (nSPS) is 9.69. The zero-order valence-electron chi connectivity index (χ0n) is 9.27. The summed E-state index contributed by atoms with van der Waals surface area (Å²) in [6.07, 6.45) is 0.161. The van der Waals surface area contributed by atoms with E-state index in [1.54, 1.807) is 12.1 Å². The van der Waals surface area contributed by atoms with Gasteiger partial charge in [-0.1, -0.05) is 12.1 Å². The molecule has 0 fully saturated rings. The standard InChI is InChI=1S/C12H13NO2S/c1-9(2)15-12(14)7-10-4-3-5-11(6-10)13-8-16/h3-6,9H,7H2,1-2H3. The number of hydrogen-bond acceptors (Lipinski definition) is 4. The van der Waals surface area contributed by atoms with Crippen molar-refractivity contribution in [3.63, 3.8) is 0 Å². The average molecular weight is 235 g/mol. The molecule has 0 atom stereocenters. The van der Waals surface area contributed by atoms with E-state index in [-0.39, 0.29) is 18.5 Å². The first-order valence-electron chi connectivity index (χ1n) is 4.98. The molecule has 1 aromatic carbocycles. The summed E-state index contributed by atoms with van der Waals surface area (Å²) in [6.45, 7) is 3.65. The minimum Gasteiger partial charge on any atom is -0.463 e. The summed E-state index contributed by atoms with van der Waals surface area (Å²) >= 11 is 4.51. The van der Waals surface area contributed by atoms with Gasteiger partial charge >= 0.3 is 5.97 Å². The molecular weight excluding hydrogens is 222 g/mol. The first-order valence-corrected chi connectivity index (χ1v) is 5.39. The van der Waals surface area contributed by atoms with Gasteiger partial charge in [0.15, 0.2) is 0 Å². The summed E-state index contributed by atoms with van der Waals surface area (Å²) in [4.78, 5) is 15.3. The first kappa shape index (κ1) is 12.6. The number of carbonyl (C=O) groups is 1. The number of benzene rings is 1. The van der Waals surface area contributed by atoms with E-state index in [0.29, 0.717) is 5.69 Å². The van der Waals surface area contributed by atoms with E-state index >= 15 is 0 Å². The minimum absolute atomic E-state index is 0.0883. The lowest BCUT2D eigenvalue weighted by Gasteiger charge is -2.07. The minimum atomic E-state index is -0.238. The van der Waals surface area contributed by atoms with Gasteiger partial charge in [0.2, 0.25) is 0 Å². The second-order valence-electron chi connectivity index (χ2n) is 3.59. The maximum atomic E-state index is 11.4. The van der Waals surface area contributed by atoms with Gasteiger partial charge in [0.1, 0.15) is 0 Å². The number of rotatable bonds is 4. The lowest BCUT2D eigenvalue weighted by molar-refractivity contribution is -0.146. The Hall–Kier alpha value is -1.51. The zero-order chi connectivity index (χ0) is 12.0. The van der Waals surface area contributed by atoms with Gasteiger partial charge in [0.25, 0.3) is 0 Å². The lowest BCUT2D eigenvalue weighted by atomic mass is 10.1. The van der Waals surface area contributed by atoms with Crippen molar-refractivity contribution in [3.05, 3.63) is 29.8 Å². The van der Waals surface area contributed by atoms with E-state index in [4.69, 9.17) is 4.74 Å². The highest BCUT2D eigenvalue weighted by molar-refractivity contribution is 7.78. The van der Waals surface area contributed by atoms with E-state index in [2.05, 4.69) is 22.4 Å². The topological polar surface area (TPSA) is 38.7 Å². The predicted octanol–water partition coefficient (Wildman–Crippen LogP) is 2.92. The molecule has 0 unspecified atom stereocenters. The number of hydrogen-bond donors (Lipinski definition) is 0. The molecule has 4 heteroatoms. The third-order valence-electron chi connectivity index (χ3n) is 1.80. The summed E-state index contributed by atoms with van der Waals surface area (Å²) in [5.74, 6) is -0.238. The van der Waals surface area contributed by atoms with Crippen LogP contribution in [0.25, 0.3) is 0 Å². The van der Waals surface area contributed by atoms with E-state index in [9.17, 15) is 4.79 Å². The monoisotopic (exact) mass is 235 g/mol. The van der Waals surface area contributed by atoms with Crippen LogP contribution < -0.4 is 0 Å². The van der Waals surface area contributed by atoms with Crippen LogP contribution in [0, 0.1) is 0 Å². The van der Waals surface area contributed by atoms with Crippen LogP contribution in [0.5, 0.6) is 0 Å². The maximum Gasteiger partial charge on any atom is 0.310 e. The lowest BCUT2D eigenvalue weighted by Crippen LogP contribution is -2.13. The van der Waals surface area contributed by atoms with E-state index < -0.39 is 0 Å². The summed E-state index contributed by atoms with van der Waals surface area (Å²) < 4.78 is 5.05. The highest BCUT2D eigenvalue weighted by Crippen LogP contribution is 2.14. The van der Waals surface area contributed by atoms with Gasteiger partial charge in [-0.15, -0.1) is 0 Å². The number of aliphatic imine (C=N–C) groups is 1. The zero-order valence-corrected chi connectivity index (χ0v) is 10.1. The molecule has 0 radical (unpaired) electrons. The molecule has 0 heterocycles. The molecule has 0 aromatic heterocycles. The Bertz CT molecular complexity index is 423.